The molecular weight excluding hydrogens is 475 g/mol. The molecule has 2 atom stereocenters. The first-order chi connectivity index (χ1) is 16.5. The molecule has 3 aromatic carbocycles. The Morgan fingerprint density at radius 1 is 0.824 bits per heavy atom. The summed E-state index contributed by atoms with van der Waals surface area (Å²) in [4.78, 5) is 39.4. The van der Waals surface area contributed by atoms with Crippen LogP contribution in [0, 0.1) is 11.8 Å². The van der Waals surface area contributed by atoms with Crippen LogP contribution < -0.4 is 5.43 Å². The van der Waals surface area contributed by atoms with Gasteiger partial charge < -0.3 is 4.74 Å². The Morgan fingerprint density at radius 2 is 1.32 bits per heavy atom. The predicted octanol–water partition coefficient (Wildman–Crippen LogP) is 5.03. The molecule has 1 N–H and O–H groups in total. The van der Waals surface area contributed by atoms with Gasteiger partial charge in [-0.2, -0.15) is 5.01 Å². The van der Waals surface area contributed by atoms with Crippen LogP contribution >= 0.6 is 23.2 Å². The van der Waals surface area contributed by atoms with Gasteiger partial charge in [0.1, 0.15) is 6.61 Å². The molecule has 4 aliphatic rings. The standard InChI is InChI=1S/C26H18Cl2N2O4/c27-14-10-9-13(19(28)11-14)12-34-26(33)29-30-24(31)22-20-15-5-1-2-6-16(15)21(23(22)25(30)32)18-8-4-3-7-17(18)20/h1-11,20-23H,12H2,(H,29,33)/t20?,21?,22-,23?/m0/s1. The highest BCUT2D eigenvalue weighted by Crippen LogP contribution is 2.60. The van der Waals surface area contributed by atoms with Gasteiger partial charge in [-0.05, 0) is 34.4 Å². The summed E-state index contributed by atoms with van der Waals surface area (Å²) in [6, 6.07) is 20.7. The average molecular weight is 493 g/mol. The quantitative estimate of drug-likeness (QED) is 0.520. The maximum absolute atomic E-state index is 13.5. The van der Waals surface area contributed by atoms with Crippen molar-refractivity contribution in [2.24, 2.45) is 11.8 Å². The first kappa shape index (κ1) is 21.2. The Bertz CT molecular complexity index is 1260. The third kappa shape index (κ3) is 3.06. The smallest absolute Gasteiger partial charge is 0.426 e. The van der Waals surface area contributed by atoms with Crippen LogP contribution in [-0.4, -0.2) is 22.9 Å². The number of hydrazine groups is 1. The van der Waals surface area contributed by atoms with E-state index in [-0.39, 0.29) is 18.4 Å². The molecule has 0 saturated carbocycles. The van der Waals surface area contributed by atoms with E-state index in [1.807, 2.05) is 48.5 Å². The number of benzene rings is 3. The zero-order valence-corrected chi connectivity index (χ0v) is 19.2. The van der Waals surface area contributed by atoms with Gasteiger partial charge in [-0.3, -0.25) is 9.59 Å². The molecule has 0 spiro atoms. The molecule has 1 saturated heterocycles. The molecule has 1 unspecified atom stereocenters. The van der Waals surface area contributed by atoms with Crippen molar-refractivity contribution in [1.82, 2.24) is 10.4 Å². The van der Waals surface area contributed by atoms with Crippen LogP contribution in [0.2, 0.25) is 10.0 Å². The van der Waals surface area contributed by atoms with Crippen molar-refractivity contribution >= 4 is 41.1 Å². The highest BCUT2D eigenvalue weighted by Gasteiger charge is 2.62. The largest absolute Gasteiger partial charge is 0.443 e. The average Bonchev–Trinajstić information content (AvgIpc) is 3.09. The van der Waals surface area contributed by atoms with Gasteiger partial charge in [0.05, 0.1) is 11.8 Å². The van der Waals surface area contributed by atoms with Gasteiger partial charge >= 0.3 is 6.09 Å². The molecular formula is C26H18Cl2N2O4. The lowest BCUT2D eigenvalue weighted by atomic mass is 9.55. The minimum Gasteiger partial charge on any atom is -0.443 e. The van der Waals surface area contributed by atoms with E-state index in [4.69, 9.17) is 27.9 Å². The highest BCUT2D eigenvalue weighted by molar-refractivity contribution is 6.35. The molecule has 6 nitrogen and oxygen atoms in total. The summed E-state index contributed by atoms with van der Waals surface area (Å²) in [6.45, 7) is -0.132. The minimum atomic E-state index is -0.909. The maximum Gasteiger partial charge on any atom is 0.426 e. The molecule has 3 amide bonds. The summed E-state index contributed by atoms with van der Waals surface area (Å²) in [7, 11) is 0. The fourth-order valence-electron chi connectivity index (χ4n) is 5.69. The number of carbonyl (C=O) groups is 3. The molecule has 3 aromatic rings. The number of nitrogens with zero attached hydrogens (tertiary/aromatic N) is 1. The summed E-state index contributed by atoms with van der Waals surface area (Å²) in [6.07, 6.45) is -0.909. The van der Waals surface area contributed by atoms with Crippen LogP contribution in [0.15, 0.2) is 66.7 Å². The number of carbonyl (C=O) groups excluding carboxylic acids is 3. The van der Waals surface area contributed by atoms with E-state index >= 15 is 0 Å². The van der Waals surface area contributed by atoms with Gasteiger partial charge in [0.15, 0.2) is 0 Å². The van der Waals surface area contributed by atoms with Gasteiger partial charge in [-0.25, -0.2) is 10.2 Å². The van der Waals surface area contributed by atoms with Crippen LogP contribution in [0.3, 0.4) is 0 Å². The lowest BCUT2D eigenvalue weighted by Crippen LogP contribution is -2.47. The first-order valence-corrected chi connectivity index (χ1v) is 11.6. The normalized spacial score (nSPS) is 23.9. The number of hydrogen-bond acceptors (Lipinski definition) is 4. The number of imide groups is 1. The second-order valence-electron chi connectivity index (χ2n) is 8.70. The molecule has 2 bridgehead atoms. The SMILES string of the molecule is O=C(NN1C(=O)C2C3c4ccccc4C(c4ccccc43)[C@@H]2C1=O)OCc1ccc(Cl)cc1Cl. The Morgan fingerprint density at radius 3 is 1.79 bits per heavy atom. The van der Waals surface area contributed by atoms with Crippen molar-refractivity contribution in [3.05, 3.63) is 105 Å². The summed E-state index contributed by atoms with van der Waals surface area (Å²) < 4.78 is 5.23. The van der Waals surface area contributed by atoms with Crippen LogP contribution in [0.4, 0.5) is 4.79 Å². The summed E-state index contributed by atoms with van der Waals surface area (Å²) in [5.41, 5.74) is 7.18. The topological polar surface area (TPSA) is 75.7 Å². The van der Waals surface area contributed by atoms with Gasteiger partial charge in [-0.1, -0.05) is 77.8 Å². The van der Waals surface area contributed by atoms with E-state index in [9.17, 15) is 14.4 Å². The minimum absolute atomic E-state index is 0.132. The Hall–Kier alpha value is -3.35. The summed E-state index contributed by atoms with van der Waals surface area (Å²) in [5, 5.41) is 1.65. The zero-order valence-electron chi connectivity index (χ0n) is 17.7. The van der Waals surface area contributed by atoms with Gasteiger partial charge in [-0.15, -0.1) is 0 Å². The third-order valence-corrected chi connectivity index (χ3v) is 7.61. The fourth-order valence-corrected chi connectivity index (χ4v) is 6.16. The Labute approximate surface area is 205 Å². The van der Waals surface area contributed by atoms with Crippen LogP contribution in [-0.2, 0) is 20.9 Å². The molecule has 0 radical (unpaired) electrons. The van der Waals surface area contributed by atoms with E-state index in [0.717, 1.165) is 27.3 Å². The highest BCUT2D eigenvalue weighted by atomic mass is 35.5. The lowest BCUT2D eigenvalue weighted by molar-refractivity contribution is -0.143. The maximum atomic E-state index is 13.5. The second kappa shape index (κ2) is 7.86. The molecule has 8 heteroatoms. The van der Waals surface area contributed by atoms with Gasteiger partial charge in [0.2, 0.25) is 0 Å². The van der Waals surface area contributed by atoms with E-state index in [0.29, 0.717) is 15.6 Å². The third-order valence-electron chi connectivity index (χ3n) is 7.03. The first-order valence-electron chi connectivity index (χ1n) is 10.9. The van der Waals surface area contributed by atoms with E-state index in [2.05, 4.69) is 5.43 Å². The molecule has 1 heterocycles. The van der Waals surface area contributed by atoms with Crippen molar-refractivity contribution in [1.29, 1.82) is 0 Å². The summed E-state index contributed by atoms with van der Waals surface area (Å²) >= 11 is 12.0. The van der Waals surface area contributed by atoms with Gasteiger partial charge in [0.25, 0.3) is 11.8 Å². The number of halogens is 2. The molecule has 1 aliphatic heterocycles. The predicted molar refractivity (Wildman–Crippen MR) is 125 cm³/mol. The van der Waals surface area contributed by atoms with Crippen molar-refractivity contribution in [2.75, 3.05) is 0 Å². The number of rotatable bonds is 3. The van der Waals surface area contributed by atoms with Crippen LogP contribution in [0.1, 0.15) is 39.7 Å². The molecule has 3 aliphatic carbocycles. The number of hydrogen-bond donors (Lipinski definition) is 1. The molecule has 1 fully saturated rings. The summed E-state index contributed by atoms with van der Waals surface area (Å²) in [5.74, 6) is -2.48. The van der Waals surface area contributed by atoms with Crippen molar-refractivity contribution in [3.63, 3.8) is 0 Å². The van der Waals surface area contributed by atoms with Crippen molar-refractivity contribution < 1.29 is 19.1 Å². The zero-order chi connectivity index (χ0) is 23.6. The Balaban J connectivity index is 1.27. The fraction of sp³-hybridized carbons (Fsp3) is 0.192. The monoisotopic (exact) mass is 492 g/mol. The number of amides is 3. The van der Waals surface area contributed by atoms with E-state index in [1.54, 1.807) is 18.2 Å². The molecule has 0 aromatic heterocycles. The molecule has 170 valence electrons. The van der Waals surface area contributed by atoms with Crippen molar-refractivity contribution in [3.8, 4) is 0 Å². The molecule has 34 heavy (non-hydrogen) atoms. The van der Waals surface area contributed by atoms with Crippen LogP contribution in [0.5, 0.6) is 0 Å². The van der Waals surface area contributed by atoms with Crippen LogP contribution in [0.25, 0.3) is 0 Å². The number of ether oxygens (including phenoxy) is 1. The van der Waals surface area contributed by atoms with Crippen molar-refractivity contribution in [2.45, 2.75) is 18.4 Å². The second-order valence-corrected chi connectivity index (χ2v) is 9.54. The number of nitrogens with one attached hydrogen (secondary N) is 1. The Kier molecular flexibility index (Phi) is 4.90. The lowest BCUT2D eigenvalue weighted by Gasteiger charge is -2.45. The van der Waals surface area contributed by atoms with Gasteiger partial charge in [0, 0.05) is 27.4 Å². The van der Waals surface area contributed by atoms with E-state index in [1.165, 1.54) is 0 Å². The van der Waals surface area contributed by atoms with E-state index < -0.39 is 29.7 Å². The molecule has 7 rings (SSSR count).